The molecule has 0 aromatic carbocycles. The van der Waals surface area contributed by atoms with Gasteiger partial charge in [0.1, 0.15) is 5.82 Å². The van der Waals surface area contributed by atoms with Crippen molar-refractivity contribution in [3.05, 3.63) is 36.3 Å². The number of hydrogen-bond acceptors (Lipinski definition) is 4. The Balaban J connectivity index is 2.10. The maximum absolute atomic E-state index is 5.46. The lowest BCUT2D eigenvalue weighted by atomic mass is 10.3. The molecule has 0 fully saturated rings. The van der Waals surface area contributed by atoms with Crippen molar-refractivity contribution in [2.24, 2.45) is 5.73 Å². The van der Waals surface area contributed by atoms with Gasteiger partial charge in [0.15, 0.2) is 0 Å². The fraction of sp³-hybridized carbons (Fsp3) is 0.111. The number of hydrogen-bond donors (Lipinski definition) is 3. The molecule has 72 valence electrons. The van der Waals surface area contributed by atoms with E-state index in [-0.39, 0.29) is 0 Å². The van der Waals surface area contributed by atoms with Gasteiger partial charge in [-0.25, -0.2) is 4.98 Å². The van der Waals surface area contributed by atoms with Crippen LogP contribution < -0.4 is 11.1 Å². The Labute approximate surface area is 81.4 Å². The number of rotatable bonds is 3. The van der Waals surface area contributed by atoms with Crippen LogP contribution >= 0.6 is 0 Å². The average Bonchev–Trinajstić information content (AvgIpc) is 2.72. The van der Waals surface area contributed by atoms with Crippen LogP contribution in [-0.4, -0.2) is 15.2 Å². The van der Waals surface area contributed by atoms with Crippen LogP contribution in [0.25, 0.3) is 0 Å². The molecule has 4 N–H and O–H groups in total. The predicted molar refractivity (Wildman–Crippen MR) is 54.0 cm³/mol. The first kappa shape index (κ1) is 8.71. The van der Waals surface area contributed by atoms with Crippen molar-refractivity contribution in [1.29, 1.82) is 0 Å². The van der Waals surface area contributed by atoms with Crippen LogP contribution in [0.5, 0.6) is 0 Å². The van der Waals surface area contributed by atoms with Gasteiger partial charge in [-0.3, -0.25) is 5.10 Å². The molecule has 2 heterocycles. The largest absolute Gasteiger partial charge is 0.338 e. The van der Waals surface area contributed by atoms with Crippen molar-refractivity contribution in [2.45, 2.75) is 6.54 Å². The van der Waals surface area contributed by atoms with Gasteiger partial charge in [-0.2, -0.15) is 5.10 Å². The van der Waals surface area contributed by atoms with Crippen molar-refractivity contribution in [3.63, 3.8) is 0 Å². The lowest BCUT2D eigenvalue weighted by molar-refractivity contribution is 1.05. The van der Waals surface area contributed by atoms with Gasteiger partial charge in [-0.05, 0) is 11.6 Å². The molecule has 14 heavy (non-hydrogen) atoms. The van der Waals surface area contributed by atoms with Gasteiger partial charge in [0.05, 0.1) is 11.9 Å². The highest BCUT2D eigenvalue weighted by Crippen LogP contribution is 2.11. The summed E-state index contributed by atoms with van der Waals surface area (Å²) in [5.74, 6) is 0.781. The summed E-state index contributed by atoms with van der Waals surface area (Å²) in [6.45, 7) is 0.513. The van der Waals surface area contributed by atoms with Gasteiger partial charge >= 0.3 is 0 Å². The Morgan fingerprint density at radius 1 is 1.36 bits per heavy atom. The van der Waals surface area contributed by atoms with E-state index in [1.807, 2.05) is 12.1 Å². The molecule has 2 aromatic heterocycles. The van der Waals surface area contributed by atoms with Gasteiger partial charge in [0.25, 0.3) is 0 Å². The lowest BCUT2D eigenvalue weighted by Gasteiger charge is -2.02. The second kappa shape index (κ2) is 3.89. The zero-order valence-electron chi connectivity index (χ0n) is 7.57. The monoisotopic (exact) mass is 189 g/mol. The van der Waals surface area contributed by atoms with E-state index in [0.29, 0.717) is 6.54 Å². The molecule has 0 atom stereocenters. The molecule has 0 amide bonds. The van der Waals surface area contributed by atoms with E-state index in [1.165, 1.54) is 0 Å². The summed E-state index contributed by atoms with van der Waals surface area (Å²) in [5.41, 5.74) is 7.36. The summed E-state index contributed by atoms with van der Waals surface area (Å²) in [7, 11) is 0. The van der Waals surface area contributed by atoms with Crippen molar-refractivity contribution >= 4 is 11.5 Å². The molecular formula is C9H11N5. The highest BCUT2D eigenvalue weighted by atomic mass is 15.1. The summed E-state index contributed by atoms with van der Waals surface area (Å²) in [6.07, 6.45) is 5.21. The van der Waals surface area contributed by atoms with Crippen LogP contribution in [0, 0.1) is 0 Å². The third-order valence-corrected chi connectivity index (χ3v) is 1.83. The van der Waals surface area contributed by atoms with Crippen LogP contribution in [0.2, 0.25) is 0 Å². The van der Waals surface area contributed by atoms with Crippen LogP contribution in [0.4, 0.5) is 11.5 Å². The van der Waals surface area contributed by atoms with E-state index in [0.717, 1.165) is 17.1 Å². The Kier molecular flexibility index (Phi) is 2.42. The number of H-pyrrole nitrogens is 1. The molecule has 0 radical (unpaired) electrons. The number of pyridine rings is 1. The van der Waals surface area contributed by atoms with Crippen molar-refractivity contribution in [3.8, 4) is 0 Å². The van der Waals surface area contributed by atoms with Crippen LogP contribution in [0.1, 0.15) is 5.56 Å². The summed E-state index contributed by atoms with van der Waals surface area (Å²) < 4.78 is 0. The summed E-state index contributed by atoms with van der Waals surface area (Å²) in [5, 5.41) is 9.62. The molecule has 0 aliphatic carbocycles. The third-order valence-electron chi connectivity index (χ3n) is 1.83. The van der Waals surface area contributed by atoms with E-state index >= 15 is 0 Å². The zero-order chi connectivity index (χ0) is 9.80. The fourth-order valence-corrected chi connectivity index (χ4v) is 1.09. The molecule has 0 aliphatic heterocycles. The Hall–Kier alpha value is -1.88. The number of nitrogens with zero attached hydrogens (tertiary/aromatic N) is 2. The number of nitrogens with two attached hydrogens (primary N) is 1. The topological polar surface area (TPSA) is 79.6 Å². The molecule has 2 rings (SSSR count). The first-order valence-corrected chi connectivity index (χ1v) is 4.29. The van der Waals surface area contributed by atoms with Gasteiger partial charge in [0.2, 0.25) is 0 Å². The Morgan fingerprint density at radius 3 is 2.86 bits per heavy atom. The molecule has 0 saturated heterocycles. The second-order valence-corrected chi connectivity index (χ2v) is 2.87. The maximum Gasteiger partial charge on any atom is 0.130 e. The van der Waals surface area contributed by atoms with E-state index in [9.17, 15) is 0 Å². The Morgan fingerprint density at radius 2 is 2.29 bits per heavy atom. The van der Waals surface area contributed by atoms with Crippen LogP contribution in [-0.2, 0) is 6.54 Å². The molecule has 0 unspecified atom stereocenters. The highest BCUT2D eigenvalue weighted by Gasteiger charge is 1.96. The second-order valence-electron chi connectivity index (χ2n) is 2.87. The minimum atomic E-state index is 0.513. The molecular weight excluding hydrogens is 178 g/mol. The fourth-order valence-electron chi connectivity index (χ4n) is 1.09. The number of anilines is 2. The Bertz CT molecular complexity index is 378. The molecule has 0 bridgehead atoms. The number of aromatic amines is 1. The van der Waals surface area contributed by atoms with E-state index in [4.69, 9.17) is 5.73 Å². The van der Waals surface area contributed by atoms with Gasteiger partial charge in [-0.15, -0.1) is 0 Å². The highest BCUT2D eigenvalue weighted by molar-refractivity contribution is 5.53. The van der Waals surface area contributed by atoms with Crippen molar-refractivity contribution in [1.82, 2.24) is 15.2 Å². The van der Waals surface area contributed by atoms with Gasteiger partial charge < -0.3 is 11.1 Å². The van der Waals surface area contributed by atoms with Crippen molar-refractivity contribution < 1.29 is 0 Å². The smallest absolute Gasteiger partial charge is 0.130 e. The van der Waals surface area contributed by atoms with Gasteiger partial charge in [0, 0.05) is 18.9 Å². The quantitative estimate of drug-likeness (QED) is 0.673. The molecule has 2 aromatic rings. The minimum Gasteiger partial charge on any atom is -0.338 e. The summed E-state index contributed by atoms with van der Waals surface area (Å²) in [6, 6.07) is 3.82. The lowest BCUT2D eigenvalue weighted by Crippen LogP contribution is -1.98. The van der Waals surface area contributed by atoms with E-state index < -0.39 is 0 Å². The maximum atomic E-state index is 5.46. The number of aromatic nitrogens is 3. The molecule has 0 saturated carbocycles. The molecule has 0 aliphatic rings. The van der Waals surface area contributed by atoms with E-state index in [2.05, 4.69) is 20.5 Å². The first-order valence-electron chi connectivity index (χ1n) is 4.29. The SMILES string of the molecule is NCc1ccc(Nc2cn[nH]c2)nc1. The first-order chi connectivity index (χ1) is 6.88. The number of nitrogens with one attached hydrogen (secondary N) is 2. The third kappa shape index (κ3) is 1.89. The molecule has 5 heteroatoms. The summed E-state index contributed by atoms with van der Waals surface area (Å²) in [4.78, 5) is 4.19. The zero-order valence-corrected chi connectivity index (χ0v) is 7.57. The van der Waals surface area contributed by atoms with Gasteiger partial charge in [-0.1, -0.05) is 6.07 Å². The molecule has 5 nitrogen and oxygen atoms in total. The normalized spacial score (nSPS) is 10.1. The van der Waals surface area contributed by atoms with E-state index in [1.54, 1.807) is 18.6 Å². The molecule has 0 spiro atoms. The van der Waals surface area contributed by atoms with Crippen molar-refractivity contribution in [2.75, 3.05) is 5.32 Å². The summed E-state index contributed by atoms with van der Waals surface area (Å²) >= 11 is 0. The van der Waals surface area contributed by atoms with Crippen LogP contribution in [0.3, 0.4) is 0 Å². The van der Waals surface area contributed by atoms with Crippen LogP contribution in [0.15, 0.2) is 30.7 Å². The standard InChI is InChI=1S/C9H11N5/c10-3-7-1-2-9(11-4-7)14-8-5-12-13-6-8/h1-2,4-6H,3,10H2,(H,11,14)(H,12,13). The minimum absolute atomic E-state index is 0.513. The average molecular weight is 189 g/mol. The predicted octanol–water partition coefficient (Wildman–Crippen LogP) is 1.01.